The number of hydrogen-bond donors (Lipinski definition) is 0. The molecule has 5 rings (SSSR count). The van der Waals surface area contributed by atoms with Gasteiger partial charge in [0.25, 0.3) is 10.0 Å². The fraction of sp³-hybridized carbons (Fsp3) is 0.391. The SMILES string of the molecule is CC[C@@H]1C[C@H](SC(C)=O)C[C@@H]1c1nnc2cnc3c(ccn3S(=O)(=O)c3ccc(C)cc3)n12. The Morgan fingerprint density at radius 2 is 1.91 bits per heavy atom. The van der Waals surface area contributed by atoms with Crippen LogP contribution in [0.1, 0.15) is 50.4 Å². The van der Waals surface area contributed by atoms with Crippen LogP contribution in [0.2, 0.25) is 0 Å². The van der Waals surface area contributed by atoms with E-state index >= 15 is 0 Å². The number of carbonyl (C=O) groups is 1. The minimum Gasteiger partial charge on any atom is -0.288 e. The molecule has 0 spiro atoms. The van der Waals surface area contributed by atoms with E-state index in [1.807, 2.05) is 11.3 Å². The monoisotopic (exact) mass is 483 g/mol. The van der Waals surface area contributed by atoms with Crippen LogP contribution in [0.5, 0.6) is 0 Å². The number of rotatable bonds is 5. The van der Waals surface area contributed by atoms with Crippen LogP contribution in [-0.2, 0) is 14.8 Å². The van der Waals surface area contributed by atoms with Crippen LogP contribution < -0.4 is 0 Å². The fourth-order valence-electron chi connectivity index (χ4n) is 4.88. The van der Waals surface area contributed by atoms with E-state index in [0.717, 1.165) is 30.7 Å². The van der Waals surface area contributed by atoms with E-state index in [0.29, 0.717) is 22.7 Å². The third kappa shape index (κ3) is 3.74. The van der Waals surface area contributed by atoms with Gasteiger partial charge in [0, 0.05) is 24.3 Å². The predicted octanol–water partition coefficient (Wildman–Crippen LogP) is 4.18. The molecule has 1 fully saturated rings. The quantitative estimate of drug-likeness (QED) is 0.420. The molecule has 0 unspecified atom stereocenters. The Morgan fingerprint density at radius 1 is 1.15 bits per heavy atom. The molecule has 0 aliphatic heterocycles. The molecule has 33 heavy (non-hydrogen) atoms. The molecular weight excluding hydrogens is 458 g/mol. The molecule has 1 aliphatic rings. The van der Waals surface area contributed by atoms with Gasteiger partial charge in [-0.3, -0.25) is 9.20 Å². The molecule has 1 aliphatic carbocycles. The number of carbonyl (C=O) groups excluding carboxylic acids is 1. The summed E-state index contributed by atoms with van der Waals surface area (Å²) in [6.45, 7) is 5.68. The van der Waals surface area contributed by atoms with E-state index < -0.39 is 10.0 Å². The normalized spacial score (nSPS) is 21.2. The summed E-state index contributed by atoms with van der Waals surface area (Å²) in [6, 6.07) is 8.53. The van der Waals surface area contributed by atoms with Crippen LogP contribution >= 0.6 is 11.8 Å². The van der Waals surface area contributed by atoms with Gasteiger partial charge in [-0.2, -0.15) is 0 Å². The Bertz CT molecular complexity index is 1460. The second-order valence-electron chi connectivity index (χ2n) is 8.63. The number of aryl methyl sites for hydroxylation is 1. The summed E-state index contributed by atoms with van der Waals surface area (Å²) in [4.78, 5) is 16.3. The Hall–Kier alpha value is -2.72. The standard InChI is InChI=1S/C23H25N5O3S2/c1-4-16-11-17(32-15(3)29)12-19(16)22-26-25-21-13-24-23-20(28(21)22)9-10-27(23)33(30,31)18-7-5-14(2)6-8-18/h5-10,13,16-17,19H,4,11-12H2,1-3H3/t16-,17+,19+/m1/s1. The van der Waals surface area contributed by atoms with Gasteiger partial charge in [-0.25, -0.2) is 17.4 Å². The maximum absolute atomic E-state index is 13.3. The minimum absolute atomic E-state index is 0.131. The number of fused-ring (bicyclic) bond motifs is 3. The summed E-state index contributed by atoms with van der Waals surface area (Å²) in [5.74, 6) is 1.33. The van der Waals surface area contributed by atoms with Gasteiger partial charge >= 0.3 is 0 Å². The van der Waals surface area contributed by atoms with Crippen LogP contribution in [0.3, 0.4) is 0 Å². The summed E-state index contributed by atoms with van der Waals surface area (Å²) in [6.07, 6.45) is 5.88. The van der Waals surface area contributed by atoms with Crippen molar-refractivity contribution >= 4 is 43.7 Å². The molecule has 0 N–H and O–H groups in total. The first-order chi connectivity index (χ1) is 15.8. The van der Waals surface area contributed by atoms with Gasteiger partial charge < -0.3 is 0 Å². The van der Waals surface area contributed by atoms with Crippen molar-refractivity contribution in [1.82, 2.24) is 23.6 Å². The number of benzene rings is 1. The molecule has 1 aromatic carbocycles. The van der Waals surface area contributed by atoms with Crippen LogP contribution in [0.15, 0.2) is 47.6 Å². The van der Waals surface area contributed by atoms with Gasteiger partial charge in [0.2, 0.25) is 0 Å². The lowest BCUT2D eigenvalue weighted by Gasteiger charge is -2.16. The number of nitrogens with zero attached hydrogens (tertiary/aromatic N) is 5. The van der Waals surface area contributed by atoms with Crippen LogP contribution in [0.4, 0.5) is 0 Å². The van der Waals surface area contributed by atoms with E-state index in [9.17, 15) is 13.2 Å². The fourth-order valence-corrected chi connectivity index (χ4v) is 7.30. The summed E-state index contributed by atoms with van der Waals surface area (Å²) in [7, 11) is -3.80. The molecular formula is C23H25N5O3S2. The Kier molecular flexibility index (Phi) is 5.52. The maximum Gasteiger partial charge on any atom is 0.269 e. The third-order valence-corrected chi connectivity index (χ3v) is 9.21. The maximum atomic E-state index is 13.3. The highest BCUT2D eigenvalue weighted by molar-refractivity contribution is 8.14. The van der Waals surface area contributed by atoms with Crippen LogP contribution in [-0.4, -0.2) is 42.3 Å². The summed E-state index contributed by atoms with van der Waals surface area (Å²) < 4.78 is 29.8. The molecule has 1 saturated carbocycles. The zero-order valence-electron chi connectivity index (χ0n) is 18.7. The zero-order chi connectivity index (χ0) is 23.3. The van der Waals surface area contributed by atoms with Crippen molar-refractivity contribution in [2.24, 2.45) is 5.92 Å². The lowest BCUT2D eigenvalue weighted by Crippen LogP contribution is -2.13. The molecule has 0 amide bonds. The van der Waals surface area contributed by atoms with Gasteiger partial charge in [-0.05, 0) is 43.9 Å². The first-order valence-electron chi connectivity index (χ1n) is 11.0. The number of aromatic nitrogens is 5. The third-order valence-electron chi connectivity index (χ3n) is 6.48. The topological polar surface area (TPSA) is 99.2 Å². The molecule has 3 heterocycles. The van der Waals surface area contributed by atoms with Gasteiger partial charge in [0.15, 0.2) is 16.4 Å². The van der Waals surface area contributed by atoms with E-state index in [1.165, 1.54) is 21.9 Å². The van der Waals surface area contributed by atoms with E-state index in [-0.39, 0.29) is 21.2 Å². The van der Waals surface area contributed by atoms with Crippen molar-refractivity contribution in [2.45, 2.75) is 56.1 Å². The van der Waals surface area contributed by atoms with Gasteiger partial charge in [0.1, 0.15) is 5.82 Å². The lowest BCUT2D eigenvalue weighted by atomic mass is 9.93. The van der Waals surface area contributed by atoms with Crippen LogP contribution in [0.25, 0.3) is 16.8 Å². The van der Waals surface area contributed by atoms with Gasteiger partial charge in [0.05, 0.1) is 16.6 Å². The molecule has 0 radical (unpaired) electrons. The largest absolute Gasteiger partial charge is 0.288 e. The van der Waals surface area contributed by atoms with Crippen molar-refractivity contribution in [1.29, 1.82) is 0 Å². The smallest absolute Gasteiger partial charge is 0.269 e. The highest BCUT2D eigenvalue weighted by Gasteiger charge is 2.38. The molecule has 172 valence electrons. The molecule has 0 saturated heterocycles. The van der Waals surface area contributed by atoms with Crippen molar-refractivity contribution < 1.29 is 13.2 Å². The number of thioether (sulfide) groups is 1. The summed E-state index contributed by atoms with van der Waals surface area (Å²) in [5, 5.41) is 9.21. The average Bonchev–Trinajstić information content (AvgIpc) is 3.49. The highest BCUT2D eigenvalue weighted by Crippen LogP contribution is 2.46. The first-order valence-corrected chi connectivity index (χ1v) is 13.3. The van der Waals surface area contributed by atoms with Gasteiger partial charge in [-0.15, -0.1) is 10.2 Å². The first kappa shape index (κ1) is 22.1. The molecule has 10 heteroatoms. The lowest BCUT2D eigenvalue weighted by molar-refractivity contribution is -0.109. The molecule has 0 bridgehead atoms. The zero-order valence-corrected chi connectivity index (χ0v) is 20.3. The second kappa shape index (κ2) is 8.25. The van der Waals surface area contributed by atoms with E-state index in [4.69, 9.17) is 0 Å². The Labute approximate surface area is 196 Å². The van der Waals surface area contributed by atoms with Crippen LogP contribution in [0, 0.1) is 12.8 Å². The predicted molar refractivity (Wildman–Crippen MR) is 128 cm³/mol. The highest BCUT2D eigenvalue weighted by atomic mass is 32.2. The van der Waals surface area contributed by atoms with E-state index in [1.54, 1.807) is 43.5 Å². The minimum atomic E-state index is -3.80. The van der Waals surface area contributed by atoms with Crippen molar-refractivity contribution in [2.75, 3.05) is 0 Å². The number of hydrogen-bond acceptors (Lipinski definition) is 7. The van der Waals surface area contributed by atoms with Crippen molar-refractivity contribution in [3.8, 4) is 0 Å². The Balaban J connectivity index is 1.62. The van der Waals surface area contributed by atoms with E-state index in [2.05, 4.69) is 22.1 Å². The van der Waals surface area contributed by atoms with Gasteiger partial charge in [-0.1, -0.05) is 42.8 Å². The molecule has 3 aromatic heterocycles. The Morgan fingerprint density at radius 3 is 2.61 bits per heavy atom. The summed E-state index contributed by atoms with van der Waals surface area (Å²) in [5.41, 5.74) is 2.56. The molecule has 8 nitrogen and oxygen atoms in total. The molecule has 4 aromatic rings. The molecule has 3 atom stereocenters. The second-order valence-corrected chi connectivity index (χ2v) is 11.9. The summed E-state index contributed by atoms with van der Waals surface area (Å²) >= 11 is 1.41. The van der Waals surface area contributed by atoms with Crippen molar-refractivity contribution in [3.05, 3.63) is 54.1 Å². The van der Waals surface area contributed by atoms with Crippen molar-refractivity contribution in [3.63, 3.8) is 0 Å². The average molecular weight is 484 g/mol.